The number of Topliss-reactive ketones (excluding diaryl/α,β-unsaturated/α-hetero) is 1. The number of carbonyl (C=O) groups is 1. The van der Waals surface area contributed by atoms with Crippen LogP contribution in [0.2, 0.25) is 0 Å². The van der Waals surface area contributed by atoms with Crippen molar-refractivity contribution in [1.29, 1.82) is 0 Å². The molecule has 0 atom stereocenters. The highest BCUT2D eigenvalue weighted by atomic mass is 16.1. The molecule has 1 aliphatic carbocycles. The molecule has 0 heterocycles. The Morgan fingerprint density at radius 3 is 2.36 bits per heavy atom. The number of hydrogen-bond acceptors (Lipinski definition) is 1. The number of rotatable bonds is 2. The molecule has 0 aromatic rings. The summed E-state index contributed by atoms with van der Waals surface area (Å²) in [7, 11) is 0. The smallest absolute Gasteiger partial charge is 0.160 e. The van der Waals surface area contributed by atoms with E-state index in [9.17, 15) is 4.79 Å². The molecule has 1 heteroatoms. The van der Waals surface area contributed by atoms with Gasteiger partial charge in [0.25, 0.3) is 0 Å². The highest BCUT2D eigenvalue weighted by Gasteiger charge is 2.15. The summed E-state index contributed by atoms with van der Waals surface area (Å²) in [5.74, 6) is 0.153. The number of allylic oxidation sites excluding steroid dienone is 6. The summed E-state index contributed by atoms with van der Waals surface area (Å²) in [5, 5.41) is 0. The molecule has 0 aromatic heterocycles. The zero-order valence-corrected chi connectivity index (χ0v) is 9.42. The largest absolute Gasteiger partial charge is 0.295 e. The van der Waals surface area contributed by atoms with E-state index in [1.54, 1.807) is 6.92 Å². The van der Waals surface area contributed by atoms with Crippen LogP contribution in [0.3, 0.4) is 0 Å². The number of hydrogen-bond donors (Lipinski definition) is 0. The molecule has 0 amide bonds. The summed E-state index contributed by atoms with van der Waals surface area (Å²) in [6.45, 7) is 7.98. The molecule has 14 heavy (non-hydrogen) atoms. The van der Waals surface area contributed by atoms with Crippen LogP contribution >= 0.6 is 0 Å². The van der Waals surface area contributed by atoms with Gasteiger partial charge in [0.05, 0.1) is 0 Å². The quantitative estimate of drug-likeness (QED) is 0.652. The molecule has 0 saturated heterocycles. The van der Waals surface area contributed by atoms with Gasteiger partial charge in [-0.15, -0.1) is 0 Å². The van der Waals surface area contributed by atoms with E-state index in [1.165, 1.54) is 0 Å². The van der Waals surface area contributed by atoms with Crippen LogP contribution in [0.5, 0.6) is 0 Å². The van der Waals surface area contributed by atoms with Crippen molar-refractivity contribution in [2.24, 2.45) is 5.41 Å². The molecule has 1 rings (SSSR count). The van der Waals surface area contributed by atoms with Crippen LogP contribution in [0, 0.1) is 5.41 Å². The summed E-state index contributed by atoms with van der Waals surface area (Å²) < 4.78 is 0. The minimum Gasteiger partial charge on any atom is -0.295 e. The van der Waals surface area contributed by atoms with Crippen LogP contribution < -0.4 is 0 Å². The third-order valence-electron chi connectivity index (χ3n) is 2.50. The van der Waals surface area contributed by atoms with Gasteiger partial charge < -0.3 is 0 Å². The van der Waals surface area contributed by atoms with Gasteiger partial charge >= 0.3 is 0 Å². The van der Waals surface area contributed by atoms with Gasteiger partial charge in [-0.05, 0) is 18.9 Å². The van der Waals surface area contributed by atoms with E-state index in [0.29, 0.717) is 0 Å². The first-order chi connectivity index (χ1) is 6.46. The van der Waals surface area contributed by atoms with Crippen LogP contribution in [0.1, 0.15) is 34.1 Å². The van der Waals surface area contributed by atoms with E-state index in [1.807, 2.05) is 6.08 Å². The molecule has 0 saturated carbocycles. The van der Waals surface area contributed by atoms with Gasteiger partial charge in [-0.1, -0.05) is 45.1 Å². The first-order valence-electron chi connectivity index (χ1n) is 5.09. The van der Waals surface area contributed by atoms with Crippen LogP contribution in [0.25, 0.3) is 0 Å². The Kier molecular flexibility index (Phi) is 3.10. The lowest BCUT2D eigenvalue weighted by molar-refractivity contribution is -0.113. The van der Waals surface area contributed by atoms with Gasteiger partial charge in [0.2, 0.25) is 0 Å². The lowest BCUT2D eigenvalue weighted by atomic mass is 9.93. The molecule has 76 valence electrons. The SMILES string of the molecule is CCC1=C(C(C)=O)C=CC(C)(C)C=C1. The Bertz CT molecular complexity index is 327. The fourth-order valence-electron chi connectivity index (χ4n) is 1.52. The van der Waals surface area contributed by atoms with Gasteiger partial charge in [0.1, 0.15) is 0 Å². The monoisotopic (exact) mass is 190 g/mol. The summed E-state index contributed by atoms with van der Waals surface area (Å²) in [5.41, 5.74) is 2.05. The molecule has 0 fully saturated rings. The van der Waals surface area contributed by atoms with Crippen LogP contribution in [0.15, 0.2) is 35.5 Å². The Morgan fingerprint density at radius 2 is 1.86 bits per heavy atom. The average Bonchev–Trinajstić information content (AvgIpc) is 2.23. The molecular formula is C13H18O. The molecular weight excluding hydrogens is 172 g/mol. The first-order valence-corrected chi connectivity index (χ1v) is 5.09. The van der Waals surface area contributed by atoms with Crippen molar-refractivity contribution >= 4 is 5.78 Å². The fraction of sp³-hybridized carbons (Fsp3) is 0.462. The van der Waals surface area contributed by atoms with E-state index in [-0.39, 0.29) is 11.2 Å². The second-order valence-corrected chi connectivity index (χ2v) is 4.34. The van der Waals surface area contributed by atoms with E-state index in [4.69, 9.17) is 0 Å². The van der Waals surface area contributed by atoms with Crippen molar-refractivity contribution in [3.63, 3.8) is 0 Å². The predicted molar refractivity (Wildman–Crippen MR) is 60.1 cm³/mol. The van der Waals surface area contributed by atoms with Gasteiger partial charge in [-0.3, -0.25) is 4.79 Å². The molecule has 0 unspecified atom stereocenters. The maximum atomic E-state index is 11.4. The minimum absolute atomic E-state index is 0.0532. The van der Waals surface area contributed by atoms with Gasteiger partial charge in [-0.2, -0.15) is 0 Å². The average molecular weight is 190 g/mol. The Hall–Kier alpha value is -1.11. The lowest BCUT2D eigenvalue weighted by Gasteiger charge is -2.12. The second-order valence-electron chi connectivity index (χ2n) is 4.34. The zero-order chi connectivity index (χ0) is 10.8. The lowest BCUT2D eigenvalue weighted by Crippen LogP contribution is -2.01. The van der Waals surface area contributed by atoms with E-state index < -0.39 is 0 Å². The summed E-state index contributed by atoms with van der Waals surface area (Å²) in [6.07, 6.45) is 9.19. The summed E-state index contributed by atoms with van der Waals surface area (Å²) in [4.78, 5) is 11.4. The Morgan fingerprint density at radius 1 is 1.29 bits per heavy atom. The van der Waals surface area contributed by atoms with E-state index in [0.717, 1.165) is 17.6 Å². The van der Waals surface area contributed by atoms with Crippen molar-refractivity contribution < 1.29 is 4.79 Å². The maximum absolute atomic E-state index is 11.4. The number of carbonyl (C=O) groups excluding carboxylic acids is 1. The molecule has 1 nitrogen and oxygen atoms in total. The van der Waals surface area contributed by atoms with Crippen molar-refractivity contribution in [1.82, 2.24) is 0 Å². The Balaban J connectivity index is 3.16. The van der Waals surface area contributed by atoms with Crippen molar-refractivity contribution in [2.45, 2.75) is 34.1 Å². The third-order valence-corrected chi connectivity index (χ3v) is 2.50. The predicted octanol–water partition coefficient (Wildman–Crippen LogP) is 3.43. The van der Waals surface area contributed by atoms with E-state index >= 15 is 0 Å². The first kappa shape index (κ1) is 11.0. The molecule has 0 aliphatic heterocycles. The van der Waals surface area contributed by atoms with Gasteiger partial charge in [-0.25, -0.2) is 0 Å². The van der Waals surface area contributed by atoms with Crippen LogP contribution in [0.4, 0.5) is 0 Å². The molecule has 0 bridgehead atoms. The van der Waals surface area contributed by atoms with Crippen LogP contribution in [-0.4, -0.2) is 5.78 Å². The minimum atomic E-state index is 0.0532. The fourth-order valence-corrected chi connectivity index (χ4v) is 1.52. The molecule has 0 spiro atoms. The van der Waals surface area contributed by atoms with Crippen molar-refractivity contribution in [3.8, 4) is 0 Å². The summed E-state index contributed by atoms with van der Waals surface area (Å²) in [6, 6.07) is 0. The standard InChI is InChI=1S/C13H18O/c1-5-11-6-8-13(3,4)9-7-12(11)10(2)14/h6-9H,5H2,1-4H3. The Labute approximate surface area is 86.2 Å². The number of ketones is 1. The van der Waals surface area contributed by atoms with Crippen molar-refractivity contribution in [3.05, 3.63) is 35.5 Å². The highest BCUT2D eigenvalue weighted by Crippen LogP contribution is 2.26. The second kappa shape index (κ2) is 3.95. The molecule has 0 radical (unpaired) electrons. The van der Waals surface area contributed by atoms with Crippen molar-refractivity contribution in [2.75, 3.05) is 0 Å². The van der Waals surface area contributed by atoms with Gasteiger partial charge in [0, 0.05) is 11.0 Å². The molecule has 0 aromatic carbocycles. The van der Waals surface area contributed by atoms with E-state index in [2.05, 4.69) is 39.0 Å². The maximum Gasteiger partial charge on any atom is 0.160 e. The topological polar surface area (TPSA) is 17.1 Å². The van der Waals surface area contributed by atoms with Gasteiger partial charge in [0.15, 0.2) is 5.78 Å². The van der Waals surface area contributed by atoms with Crippen LogP contribution in [-0.2, 0) is 4.79 Å². The summed E-state index contributed by atoms with van der Waals surface area (Å²) >= 11 is 0. The molecule has 1 aliphatic rings. The third kappa shape index (κ3) is 2.44. The zero-order valence-electron chi connectivity index (χ0n) is 9.42. The highest BCUT2D eigenvalue weighted by molar-refractivity contribution is 5.97. The normalized spacial score (nSPS) is 19.7. The molecule has 0 N–H and O–H groups in total.